The average molecular weight is 256 g/mol. The summed E-state index contributed by atoms with van der Waals surface area (Å²) in [6.45, 7) is 0. The lowest BCUT2D eigenvalue weighted by Gasteiger charge is -1.96. The molecule has 0 spiro atoms. The topological polar surface area (TPSA) is 72.2 Å². The van der Waals surface area contributed by atoms with Gasteiger partial charge in [0, 0.05) is 13.2 Å². The van der Waals surface area contributed by atoms with Crippen LogP contribution in [0.25, 0.3) is 6.08 Å². The molecule has 1 heterocycles. The van der Waals surface area contributed by atoms with E-state index >= 15 is 0 Å². The lowest BCUT2D eigenvalue weighted by Crippen LogP contribution is -1.96. The third-order valence-electron chi connectivity index (χ3n) is 2.55. The van der Waals surface area contributed by atoms with Crippen LogP contribution in [0.3, 0.4) is 0 Å². The molecule has 2 rings (SSSR count). The van der Waals surface area contributed by atoms with Crippen molar-refractivity contribution in [2.24, 2.45) is 7.05 Å². The van der Waals surface area contributed by atoms with E-state index in [0.29, 0.717) is 11.1 Å². The molecule has 0 aliphatic rings. The summed E-state index contributed by atoms with van der Waals surface area (Å²) >= 11 is 0. The fourth-order valence-electron chi connectivity index (χ4n) is 1.59. The van der Waals surface area contributed by atoms with Crippen LogP contribution >= 0.6 is 0 Å². The van der Waals surface area contributed by atoms with Crippen molar-refractivity contribution in [3.63, 3.8) is 0 Å². The highest BCUT2D eigenvalue weighted by Gasteiger charge is 2.04. The molecule has 0 saturated carbocycles. The van der Waals surface area contributed by atoms with Crippen LogP contribution in [0, 0.1) is 0 Å². The number of aryl methyl sites for hydroxylation is 1. The van der Waals surface area contributed by atoms with Gasteiger partial charge in [-0.3, -0.25) is 9.48 Å². The van der Waals surface area contributed by atoms with E-state index < -0.39 is 5.97 Å². The van der Waals surface area contributed by atoms with Crippen LogP contribution in [0.2, 0.25) is 0 Å². The molecule has 5 heteroatoms. The van der Waals surface area contributed by atoms with Gasteiger partial charge in [-0.05, 0) is 23.8 Å². The Kier molecular flexibility index (Phi) is 3.56. The van der Waals surface area contributed by atoms with E-state index in [2.05, 4.69) is 5.10 Å². The number of carbonyl (C=O) groups excluding carboxylic acids is 1. The van der Waals surface area contributed by atoms with E-state index in [1.165, 1.54) is 24.4 Å². The molecule has 0 atom stereocenters. The summed E-state index contributed by atoms with van der Waals surface area (Å²) in [7, 11) is 1.73. The first-order chi connectivity index (χ1) is 9.06. The second kappa shape index (κ2) is 5.30. The summed E-state index contributed by atoms with van der Waals surface area (Å²) in [6.07, 6.45) is 6.10. The maximum Gasteiger partial charge on any atom is 0.335 e. The van der Waals surface area contributed by atoms with Crippen molar-refractivity contribution >= 4 is 17.8 Å². The fraction of sp³-hybridized carbons (Fsp3) is 0.0714. The Morgan fingerprint density at radius 2 is 2.11 bits per heavy atom. The predicted molar refractivity (Wildman–Crippen MR) is 70.0 cm³/mol. The van der Waals surface area contributed by atoms with Gasteiger partial charge in [0.2, 0.25) is 0 Å². The van der Waals surface area contributed by atoms with Gasteiger partial charge in [-0.2, -0.15) is 5.10 Å². The number of hydrogen-bond donors (Lipinski definition) is 1. The maximum absolute atomic E-state index is 11.8. The minimum atomic E-state index is -0.992. The van der Waals surface area contributed by atoms with Crippen molar-refractivity contribution < 1.29 is 14.7 Å². The molecule has 2 aromatic rings. The Labute approximate surface area is 109 Å². The molecule has 96 valence electrons. The third-order valence-corrected chi connectivity index (χ3v) is 2.55. The Morgan fingerprint density at radius 1 is 1.32 bits per heavy atom. The standard InChI is InChI=1S/C14H12N2O3/c1-16-9-12(8-15-16)13(17)6-5-10-3-2-4-11(7-10)14(18)19/h2-9H,1H3,(H,18,19)/b6-5+. The zero-order chi connectivity index (χ0) is 13.8. The van der Waals surface area contributed by atoms with Crippen LogP contribution in [0.4, 0.5) is 0 Å². The fourth-order valence-corrected chi connectivity index (χ4v) is 1.59. The van der Waals surface area contributed by atoms with Gasteiger partial charge in [0.05, 0.1) is 17.3 Å². The molecule has 5 nitrogen and oxygen atoms in total. The number of carboxylic acid groups (broad SMARTS) is 1. The van der Waals surface area contributed by atoms with Gasteiger partial charge >= 0.3 is 5.97 Å². The van der Waals surface area contributed by atoms with Gasteiger partial charge in [0.25, 0.3) is 0 Å². The van der Waals surface area contributed by atoms with Crippen LogP contribution < -0.4 is 0 Å². The Balaban J connectivity index is 2.16. The van der Waals surface area contributed by atoms with Crippen LogP contribution in [-0.4, -0.2) is 26.6 Å². The third kappa shape index (κ3) is 3.16. The quantitative estimate of drug-likeness (QED) is 0.671. The second-order valence-corrected chi connectivity index (χ2v) is 4.03. The average Bonchev–Trinajstić information content (AvgIpc) is 2.83. The number of rotatable bonds is 4. The minimum Gasteiger partial charge on any atom is -0.478 e. The number of benzene rings is 1. The molecule has 0 fully saturated rings. The van der Waals surface area contributed by atoms with E-state index in [-0.39, 0.29) is 11.3 Å². The summed E-state index contributed by atoms with van der Waals surface area (Å²) in [4.78, 5) is 22.6. The second-order valence-electron chi connectivity index (χ2n) is 4.03. The normalized spacial score (nSPS) is 10.8. The number of aromatic carboxylic acids is 1. The molecule has 0 radical (unpaired) electrons. The molecule has 0 amide bonds. The zero-order valence-corrected chi connectivity index (χ0v) is 10.3. The molecule has 0 saturated heterocycles. The maximum atomic E-state index is 11.8. The highest BCUT2D eigenvalue weighted by atomic mass is 16.4. The van der Waals surface area contributed by atoms with Crippen LogP contribution in [-0.2, 0) is 7.05 Å². The molecule has 0 unspecified atom stereocenters. The molecule has 1 aromatic heterocycles. The van der Waals surface area contributed by atoms with Gasteiger partial charge in [-0.15, -0.1) is 0 Å². The first kappa shape index (κ1) is 12.8. The number of carbonyl (C=O) groups is 2. The largest absolute Gasteiger partial charge is 0.478 e. The Bertz CT molecular complexity index is 656. The molecule has 0 bridgehead atoms. The molecule has 0 aliphatic carbocycles. The molecule has 19 heavy (non-hydrogen) atoms. The monoisotopic (exact) mass is 256 g/mol. The van der Waals surface area contributed by atoms with Crippen LogP contribution in [0.5, 0.6) is 0 Å². The van der Waals surface area contributed by atoms with E-state index in [4.69, 9.17) is 5.11 Å². The number of hydrogen-bond acceptors (Lipinski definition) is 3. The van der Waals surface area contributed by atoms with E-state index in [9.17, 15) is 9.59 Å². The lowest BCUT2D eigenvalue weighted by atomic mass is 10.1. The van der Waals surface area contributed by atoms with E-state index in [0.717, 1.165) is 0 Å². The minimum absolute atomic E-state index is 0.172. The predicted octanol–water partition coefficient (Wildman–Crippen LogP) is 2.01. The highest BCUT2D eigenvalue weighted by Crippen LogP contribution is 2.08. The van der Waals surface area contributed by atoms with Gasteiger partial charge in [-0.1, -0.05) is 18.2 Å². The summed E-state index contributed by atoms with van der Waals surface area (Å²) < 4.78 is 1.55. The zero-order valence-electron chi connectivity index (χ0n) is 10.3. The van der Waals surface area contributed by atoms with Crippen molar-refractivity contribution in [3.8, 4) is 0 Å². The molecule has 0 aliphatic heterocycles. The first-order valence-electron chi connectivity index (χ1n) is 5.60. The Morgan fingerprint density at radius 3 is 2.74 bits per heavy atom. The number of aromatic nitrogens is 2. The number of nitrogens with zero attached hydrogens (tertiary/aromatic N) is 2. The molecule has 1 aromatic carbocycles. The smallest absolute Gasteiger partial charge is 0.335 e. The Hall–Kier alpha value is -2.69. The van der Waals surface area contributed by atoms with Gasteiger partial charge in [0.1, 0.15) is 0 Å². The van der Waals surface area contributed by atoms with Crippen molar-refractivity contribution in [1.29, 1.82) is 0 Å². The summed E-state index contributed by atoms with van der Waals surface area (Å²) in [5.74, 6) is -1.16. The van der Waals surface area contributed by atoms with Crippen molar-refractivity contribution in [3.05, 3.63) is 59.4 Å². The number of ketones is 1. The summed E-state index contributed by atoms with van der Waals surface area (Å²) in [6, 6.07) is 6.38. The lowest BCUT2D eigenvalue weighted by molar-refractivity contribution is 0.0696. The van der Waals surface area contributed by atoms with Gasteiger partial charge in [-0.25, -0.2) is 4.79 Å². The summed E-state index contributed by atoms with van der Waals surface area (Å²) in [5, 5.41) is 12.8. The van der Waals surface area contributed by atoms with Crippen molar-refractivity contribution in [2.45, 2.75) is 0 Å². The molecule has 1 N–H and O–H groups in total. The number of allylic oxidation sites excluding steroid dienone is 1. The van der Waals surface area contributed by atoms with Gasteiger partial charge in [0.15, 0.2) is 5.78 Å². The van der Waals surface area contributed by atoms with Crippen LogP contribution in [0.15, 0.2) is 42.7 Å². The van der Waals surface area contributed by atoms with E-state index in [1.807, 2.05) is 0 Å². The highest BCUT2D eigenvalue weighted by molar-refractivity contribution is 6.06. The molecular formula is C14H12N2O3. The molecular weight excluding hydrogens is 244 g/mol. The van der Waals surface area contributed by atoms with Crippen molar-refractivity contribution in [2.75, 3.05) is 0 Å². The van der Waals surface area contributed by atoms with Crippen molar-refractivity contribution in [1.82, 2.24) is 9.78 Å². The first-order valence-corrected chi connectivity index (χ1v) is 5.60. The number of carboxylic acids is 1. The van der Waals surface area contributed by atoms with E-state index in [1.54, 1.807) is 36.1 Å². The summed E-state index contributed by atoms with van der Waals surface area (Å²) in [5.41, 5.74) is 1.35. The van der Waals surface area contributed by atoms with Gasteiger partial charge < -0.3 is 5.11 Å². The van der Waals surface area contributed by atoms with Crippen LogP contribution in [0.1, 0.15) is 26.3 Å². The SMILES string of the molecule is Cn1cc(C(=O)/C=C/c2cccc(C(=O)O)c2)cn1.